The fourth-order valence-corrected chi connectivity index (χ4v) is 4.23. The zero-order valence-corrected chi connectivity index (χ0v) is 17.1. The molecule has 4 heteroatoms. The molecule has 0 spiro atoms. The smallest absolute Gasteiger partial charge is 0.299 e. The number of ether oxygens (including phenoxy) is 1. The molecule has 5 rings (SSSR count). The Labute approximate surface area is 186 Å². The number of hydrogen-bond acceptors (Lipinski definition) is 4. The lowest BCUT2D eigenvalue weighted by Gasteiger charge is -2.26. The van der Waals surface area contributed by atoms with Crippen molar-refractivity contribution >= 4 is 29.1 Å². The van der Waals surface area contributed by atoms with E-state index in [1.165, 1.54) is 0 Å². The summed E-state index contributed by atoms with van der Waals surface area (Å²) < 4.78 is 5.08. The molecule has 32 heavy (non-hydrogen) atoms. The molecule has 4 nitrogen and oxygen atoms in total. The number of hydrogen-bond donors (Lipinski definition) is 0. The molecule has 0 aromatic heterocycles. The van der Waals surface area contributed by atoms with E-state index in [4.69, 9.17) is 4.74 Å². The Hall–Kier alpha value is -4.62. The highest BCUT2D eigenvalue weighted by molar-refractivity contribution is 6.04. The van der Waals surface area contributed by atoms with Gasteiger partial charge >= 0.3 is 0 Å². The number of allylic oxidation sites excluding steroid dienone is 1. The van der Waals surface area contributed by atoms with Crippen LogP contribution in [0.3, 0.4) is 0 Å². The van der Waals surface area contributed by atoms with Gasteiger partial charge in [0, 0.05) is 22.6 Å². The van der Waals surface area contributed by atoms with Gasteiger partial charge in [0.05, 0.1) is 0 Å². The van der Waals surface area contributed by atoms with Gasteiger partial charge in [-0.05, 0) is 58.7 Å². The van der Waals surface area contributed by atoms with Crippen molar-refractivity contribution in [3.8, 4) is 17.2 Å². The molecular formula is C28H18N2O2. The van der Waals surface area contributed by atoms with Crippen LogP contribution >= 0.6 is 0 Å². The number of fused-ring (bicyclic) bond motifs is 3. The quantitative estimate of drug-likeness (QED) is 0.185. The number of nitrogens with zero attached hydrogens (tertiary/aromatic N) is 2. The summed E-state index contributed by atoms with van der Waals surface area (Å²) in [5.41, 5.74) is 7.36. The number of carbonyl (C=O) groups is 1. The van der Waals surface area contributed by atoms with Crippen molar-refractivity contribution in [2.45, 2.75) is 0 Å². The van der Waals surface area contributed by atoms with Crippen LogP contribution in [-0.2, 0) is 9.53 Å². The van der Waals surface area contributed by atoms with Crippen LogP contribution in [0.5, 0.6) is 0 Å². The van der Waals surface area contributed by atoms with Gasteiger partial charge in [-0.2, -0.15) is 5.26 Å². The Morgan fingerprint density at radius 2 is 1.25 bits per heavy atom. The lowest BCUT2D eigenvalue weighted by molar-refractivity contribution is -0.124. The van der Waals surface area contributed by atoms with E-state index in [-0.39, 0.29) is 5.76 Å². The normalized spacial score (nSPS) is 12.8. The number of para-hydroxylation sites is 2. The molecular weight excluding hydrogens is 396 g/mol. The molecule has 4 aromatic carbocycles. The van der Waals surface area contributed by atoms with Gasteiger partial charge in [0.2, 0.25) is 5.76 Å². The van der Waals surface area contributed by atoms with Crippen LogP contribution in [0.15, 0.2) is 109 Å². The summed E-state index contributed by atoms with van der Waals surface area (Å²) in [6.07, 6.45) is 0. The van der Waals surface area contributed by atoms with Crippen LogP contribution in [0.25, 0.3) is 16.7 Å². The first-order chi connectivity index (χ1) is 15.8. The van der Waals surface area contributed by atoms with E-state index in [0.29, 0.717) is 12.0 Å². The molecule has 1 aliphatic rings. The molecule has 0 aliphatic heterocycles. The van der Waals surface area contributed by atoms with Crippen LogP contribution in [0.2, 0.25) is 0 Å². The lowest BCUT2D eigenvalue weighted by atomic mass is 10.0. The van der Waals surface area contributed by atoms with Gasteiger partial charge in [0.25, 0.3) is 6.47 Å². The van der Waals surface area contributed by atoms with E-state index >= 15 is 0 Å². The van der Waals surface area contributed by atoms with Gasteiger partial charge in [0.1, 0.15) is 6.07 Å². The van der Waals surface area contributed by atoms with Crippen LogP contribution in [-0.4, -0.2) is 6.47 Å². The van der Waals surface area contributed by atoms with Crippen LogP contribution in [0, 0.1) is 11.3 Å². The van der Waals surface area contributed by atoms with Crippen molar-refractivity contribution in [2.24, 2.45) is 0 Å². The number of rotatable bonds is 5. The molecule has 0 radical (unpaired) electrons. The third-order valence-corrected chi connectivity index (χ3v) is 5.54. The third-order valence-electron chi connectivity index (χ3n) is 5.54. The van der Waals surface area contributed by atoms with Crippen molar-refractivity contribution in [1.29, 1.82) is 5.26 Å². The minimum Gasteiger partial charge on any atom is -0.417 e. The fourth-order valence-electron chi connectivity index (χ4n) is 4.23. The van der Waals surface area contributed by atoms with Gasteiger partial charge in [-0.3, -0.25) is 4.79 Å². The van der Waals surface area contributed by atoms with E-state index in [9.17, 15) is 10.1 Å². The summed E-state index contributed by atoms with van der Waals surface area (Å²) >= 11 is 0. The maximum atomic E-state index is 11.1. The average molecular weight is 414 g/mol. The maximum absolute atomic E-state index is 11.1. The third kappa shape index (κ3) is 3.23. The molecule has 0 atom stereocenters. The summed E-state index contributed by atoms with van der Waals surface area (Å²) in [4.78, 5) is 13.2. The monoisotopic (exact) mass is 414 g/mol. The predicted octanol–water partition coefficient (Wildman–Crippen LogP) is 6.59. The Morgan fingerprint density at radius 1 is 0.688 bits per heavy atom. The molecule has 0 N–H and O–H groups in total. The summed E-state index contributed by atoms with van der Waals surface area (Å²) in [5, 5.41) is 9.70. The van der Waals surface area contributed by atoms with Crippen molar-refractivity contribution in [3.05, 3.63) is 120 Å². The largest absolute Gasteiger partial charge is 0.417 e. The van der Waals surface area contributed by atoms with E-state index in [1.807, 2.05) is 60.7 Å². The molecule has 152 valence electrons. The Kier molecular flexibility index (Phi) is 4.99. The lowest BCUT2D eigenvalue weighted by Crippen LogP contribution is -2.10. The second-order valence-electron chi connectivity index (χ2n) is 7.31. The number of carbonyl (C=O) groups excluding carboxylic acids is 1. The van der Waals surface area contributed by atoms with Gasteiger partial charge in [0.15, 0.2) is 0 Å². The van der Waals surface area contributed by atoms with Crippen LogP contribution in [0.4, 0.5) is 17.1 Å². The summed E-state index contributed by atoms with van der Waals surface area (Å²) in [5.74, 6) is -0.00526. The van der Waals surface area contributed by atoms with Gasteiger partial charge in [-0.25, -0.2) is 0 Å². The predicted molar refractivity (Wildman–Crippen MR) is 125 cm³/mol. The van der Waals surface area contributed by atoms with Gasteiger partial charge in [-0.1, -0.05) is 66.7 Å². The molecule has 0 amide bonds. The van der Waals surface area contributed by atoms with Gasteiger partial charge < -0.3 is 9.64 Å². The fraction of sp³-hybridized carbons (Fsp3) is 0. The van der Waals surface area contributed by atoms with E-state index < -0.39 is 0 Å². The summed E-state index contributed by atoms with van der Waals surface area (Å²) in [6.45, 7) is 0.302. The zero-order valence-electron chi connectivity index (χ0n) is 17.1. The standard InChI is InChI=1S/C28H18N2O2/c29-18-27(32-19-31)28-25-14-8-7-13-23(25)24-16-15-22(17-26(24)28)30(20-9-3-1-4-10-20)21-11-5-2-6-12-21/h1-17,19H/b28-27+. The van der Waals surface area contributed by atoms with Crippen LogP contribution in [0.1, 0.15) is 11.1 Å². The highest BCUT2D eigenvalue weighted by Crippen LogP contribution is 2.48. The molecule has 4 aromatic rings. The maximum Gasteiger partial charge on any atom is 0.299 e. The Morgan fingerprint density at radius 3 is 1.84 bits per heavy atom. The summed E-state index contributed by atoms with van der Waals surface area (Å²) in [6, 6.07) is 36.3. The van der Waals surface area contributed by atoms with Gasteiger partial charge in [-0.15, -0.1) is 0 Å². The molecule has 0 saturated heterocycles. The first kappa shape index (κ1) is 19.3. The second-order valence-corrected chi connectivity index (χ2v) is 7.31. The van der Waals surface area contributed by atoms with E-state index in [1.54, 1.807) is 0 Å². The van der Waals surface area contributed by atoms with Crippen molar-refractivity contribution in [3.63, 3.8) is 0 Å². The highest BCUT2D eigenvalue weighted by Gasteiger charge is 2.28. The molecule has 1 aliphatic carbocycles. The van der Waals surface area contributed by atoms with Crippen LogP contribution < -0.4 is 4.90 Å². The minimum atomic E-state index is -0.00526. The highest BCUT2D eigenvalue weighted by atomic mass is 16.5. The Balaban J connectivity index is 1.75. The SMILES string of the molecule is N#C/C(OC=O)=C1/c2ccccc2-c2ccc(N(c3ccccc3)c3ccccc3)cc21. The first-order valence-electron chi connectivity index (χ1n) is 10.2. The number of nitriles is 1. The Bertz CT molecular complexity index is 1330. The average Bonchev–Trinajstić information content (AvgIpc) is 3.18. The van der Waals surface area contributed by atoms with Crippen molar-refractivity contribution in [2.75, 3.05) is 4.90 Å². The number of benzene rings is 4. The first-order valence-corrected chi connectivity index (χ1v) is 10.2. The second kappa shape index (κ2) is 8.25. The number of anilines is 3. The topological polar surface area (TPSA) is 53.3 Å². The molecule has 0 saturated carbocycles. The molecule has 0 bridgehead atoms. The zero-order chi connectivity index (χ0) is 21.9. The molecule has 0 fully saturated rings. The summed E-state index contributed by atoms with van der Waals surface area (Å²) in [7, 11) is 0. The van der Waals surface area contributed by atoms with Crippen molar-refractivity contribution in [1.82, 2.24) is 0 Å². The molecule has 0 unspecified atom stereocenters. The van der Waals surface area contributed by atoms with E-state index in [0.717, 1.165) is 39.3 Å². The van der Waals surface area contributed by atoms with Crippen molar-refractivity contribution < 1.29 is 9.53 Å². The van der Waals surface area contributed by atoms with E-state index in [2.05, 4.69) is 53.4 Å². The molecule has 0 heterocycles. The minimum absolute atomic E-state index is 0.00526.